The van der Waals surface area contributed by atoms with E-state index in [2.05, 4.69) is 22.0 Å². The number of amides is 1. The van der Waals surface area contributed by atoms with Gasteiger partial charge in [0.2, 0.25) is 0 Å². The average Bonchev–Trinajstić information content (AvgIpc) is 3.29. The molecule has 0 spiro atoms. The molecule has 4 aromatic rings. The Morgan fingerprint density at radius 1 is 1.00 bits per heavy atom. The number of benzene rings is 2. The maximum absolute atomic E-state index is 12.7. The Kier molecular flexibility index (Phi) is 4.88. The summed E-state index contributed by atoms with van der Waals surface area (Å²) in [6.45, 7) is 3.29. The van der Waals surface area contributed by atoms with E-state index in [0.29, 0.717) is 11.1 Å². The number of rotatable bonds is 3. The van der Waals surface area contributed by atoms with Gasteiger partial charge in [-0.1, -0.05) is 18.2 Å². The van der Waals surface area contributed by atoms with Gasteiger partial charge in [0, 0.05) is 49.0 Å². The Balaban J connectivity index is 1.38. The van der Waals surface area contributed by atoms with Crippen LogP contribution in [0.15, 0.2) is 71.8 Å². The van der Waals surface area contributed by atoms with Crippen molar-refractivity contribution in [3.63, 3.8) is 0 Å². The Bertz CT molecular complexity index is 1300. The number of H-pyrrole nitrogens is 1. The molecule has 3 heterocycles. The van der Waals surface area contributed by atoms with Crippen molar-refractivity contribution in [2.75, 3.05) is 33.2 Å². The summed E-state index contributed by atoms with van der Waals surface area (Å²) >= 11 is 0. The van der Waals surface area contributed by atoms with Gasteiger partial charge in [0.1, 0.15) is 0 Å². The number of hydrogen-bond acceptors (Lipinski definition) is 4. The molecule has 1 aliphatic heterocycles. The molecule has 1 aliphatic rings. The predicted molar refractivity (Wildman–Crippen MR) is 121 cm³/mol. The van der Waals surface area contributed by atoms with Crippen LogP contribution in [0.4, 0.5) is 0 Å². The fourth-order valence-corrected chi connectivity index (χ4v) is 3.91. The molecular weight excluding hydrogens is 390 g/mol. The van der Waals surface area contributed by atoms with Gasteiger partial charge < -0.3 is 14.8 Å². The molecule has 0 bridgehead atoms. The lowest BCUT2D eigenvalue weighted by Gasteiger charge is -2.32. The first-order valence-corrected chi connectivity index (χ1v) is 10.3. The molecule has 31 heavy (non-hydrogen) atoms. The molecule has 5 rings (SSSR count). The smallest absolute Gasteiger partial charge is 0.256 e. The minimum atomic E-state index is -0.147. The van der Waals surface area contributed by atoms with Crippen molar-refractivity contribution in [1.29, 1.82) is 0 Å². The molecule has 0 aliphatic carbocycles. The lowest BCUT2D eigenvalue weighted by molar-refractivity contribution is 0.0664. The van der Waals surface area contributed by atoms with E-state index in [0.717, 1.165) is 48.3 Å². The SMILES string of the molecule is CN1CCN(C(=O)c2ccc(-n3cc(-c4cc5ccccc5[nH]c4=O)cn3)cc2)CC1. The van der Waals surface area contributed by atoms with Crippen molar-refractivity contribution in [3.05, 3.63) is 82.9 Å². The first kappa shape index (κ1) is 19.3. The van der Waals surface area contributed by atoms with E-state index >= 15 is 0 Å². The summed E-state index contributed by atoms with van der Waals surface area (Å²) in [7, 11) is 2.07. The second-order valence-corrected chi connectivity index (χ2v) is 7.92. The third kappa shape index (κ3) is 3.75. The number of nitrogens with one attached hydrogen (secondary N) is 1. The molecule has 0 atom stereocenters. The standard InChI is InChI=1S/C24H23N5O2/c1-27-10-12-28(13-11-27)24(31)17-6-8-20(9-7-17)29-16-19(15-25-29)21-14-18-4-2-3-5-22(18)26-23(21)30/h2-9,14-16H,10-13H2,1H3,(H,26,30). The zero-order valence-electron chi connectivity index (χ0n) is 17.3. The topological polar surface area (TPSA) is 74.2 Å². The van der Waals surface area contributed by atoms with Crippen molar-refractivity contribution in [1.82, 2.24) is 24.6 Å². The highest BCUT2D eigenvalue weighted by atomic mass is 16.2. The number of nitrogens with zero attached hydrogens (tertiary/aromatic N) is 4. The van der Waals surface area contributed by atoms with Crippen molar-refractivity contribution in [2.24, 2.45) is 0 Å². The molecule has 7 nitrogen and oxygen atoms in total. The summed E-state index contributed by atoms with van der Waals surface area (Å²) < 4.78 is 1.72. The number of piperazine rings is 1. The van der Waals surface area contributed by atoms with Crippen LogP contribution in [0.1, 0.15) is 10.4 Å². The lowest BCUT2D eigenvalue weighted by atomic mass is 10.1. The van der Waals surface area contributed by atoms with Crippen molar-refractivity contribution in [2.45, 2.75) is 0 Å². The maximum Gasteiger partial charge on any atom is 0.256 e. The van der Waals surface area contributed by atoms with Gasteiger partial charge in [-0.05, 0) is 48.8 Å². The van der Waals surface area contributed by atoms with E-state index < -0.39 is 0 Å². The fraction of sp³-hybridized carbons (Fsp3) is 0.208. The van der Waals surface area contributed by atoms with Crippen molar-refractivity contribution >= 4 is 16.8 Å². The highest BCUT2D eigenvalue weighted by molar-refractivity contribution is 5.94. The summed E-state index contributed by atoms with van der Waals surface area (Å²) in [4.78, 5) is 32.3. The van der Waals surface area contributed by atoms with Crippen LogP contribution in [0.25, 0.3) is 27.7 Å². The number of aromatic amines is 1. The van der Waals surface area contributed by atoms with Gasteiger partial charge in [0.05, 0.1) is 17.4 Å². The average molecular weight is 413 g/mol. The van der Waals surface area contributed by atoms with Gasteiger partial charge in [0.25, 0.3) is 11.5 Å². The first-order chi connectivity index (χ1) is 15.1. The summed E-state index contributed by atoms with van der Waals surface area (Å²) in [6, 6.07) is 17.0. The normalized spacial score (nSPS) is 14.8. The molecule has 0 unspecified atom stereocenters. The molecule has 1 fully saturated rings. The van der Waals surface area contributed by atoms with Crippen molar-refractivity contribution in [3.8, 4) is 16.8 Å². The van der Waals surface area contributed by atoms with Gasteiger partial charge in [0.15, 0.2) is 0 Å². The molecule has 7 heteroatoms. The van der Waals surface area contributed by atoms with E-state index in [1.165, 1.54) is 0 Å². The van der Waals surface area contributed by atoms with Crippen LogP contribution in [0.3, 0.4) is 0 Å². The van der Waals surface area contributed by atoms with Crippen LogP contribution in [0.5, 0.6) is 0 Å². The first-order valence-electron chi connectivity index (χ1n) is 10.3. The molecule has 1 N–H and O–H groups in total. The third-order valence-electron chi connectivity index (χ3n) is 5.82. The Morgan fingerprint density at radius 2 is 1.74 bits per heavy atom. The molecule has 2 aromatic heterocycles. The molecule has 1 amide bonds. The summed E-state index contributed by atoms with van der Waals surface area (Å²) in [5, 5.41) is 5.39. The Labute approximate surface area is 179 Å². The molecule has 156 valence electrons. The number of fused-ring (bicyclic) bond motifs is 1. The van der Waals surface area contributed by atoms with Crippen LogP contribution in [0, 0.1) is 0 Å². The van der Waals surface area contributed by atoms with Crippen LogP contribution in [0.2, 0.25) is 0 Å². The lowest BCUT2D eigenvalue weighted by Crippen LogP contribution is -2.47. The fourth-order valence-electron chi connectivity index (χ4n) is 3.91. The monoisotopic (exact) mass is 413 g/mol. The zero-order valence-corrected chi connectivity index (χ0v) is 17.3. The molecular formula is C24H23N5O2. The number of carbonyl (C=O) groups excluding carboxylic acids is 1. The minimum absolute atomic E-state index is 0.0588. The highest BCUT2D eigenvalue weighted by Gasteiger charge is 2.20. The second-order valence-electron chi connectivity index (χ2n) is 7.92. The number of carbonyl (C=O) groups is 1. The number of hydrogen-bond donors (Lipinski definition) is 1. The van der Waals surface area contributed by atoms with E-state index in [4.69, 9.17) is 0 Å². The van der Waals surface area contributed by atoms with E-state index in [9.17, 15) is 9.59 Å². The summed E-state index contributed by atoms with van der Waals surface area (Å²) in [5.74, 6) is 0.0588. The summed E-state index contributed by atoms with van der Waals surface area (Å²) in [6.07, 6.45) is 3.51. The molecule has 0 radical (unpaired) electrons. The van der Waals surface area contributed by atoms with Crippen molar-refractivity contribution < 1.29 is 4.79 Å². The zero-order chi connectivity index (χ0) is 21.4. The Hall–Kier alpha value is -3.71. The van der Waals surface area contributed by atoms with Gasteiger partial charge >= 0.3 is 0 Å². The maximum atomic E-state index is 12.7. The quantitative estimate of drug-likeness (QED) is 0.561. The van der Waals surface area contributed by atoms with Crippen LogP contribution >= 0.6 is 0 Å². The van der Waals surface area contributed by atoms with Crippen LogP contribution in [-0.4, -0.2) is 63.7 Å². The van der Waals surface area contributed by atoms with E-state index in [1.54, 1.807) is 10.9 Å². The molecule has 2 aromatic carbocycles. The third-order valence-corrected chi connectivity index (χ3v) is 5.82. The van der Waals surface area contributed by atoms with E-state index in [1.807, 2.05) is 65.7 Å². The highest BCUT2D eigenvalue weighted by Crippen LogP contribution is 2.21. The van der Waals surface area contributed by atoms with Gasteiger partial charge in [-0.3, -0.25) is 9.59 Å². The van der Waals surface area contributed by atoms with Gasteiger partial charge in [-0.25, -0.2) is 4.68 Å². The minimum Gasteiger partial charge on any atom is -0.336 e. The van der Waals surface area contributed by atoms with Gasteiger partial charge in [-0.2, -0.15) is 5.10 Å². The number of aromatic nitrogens is 3. The van der Waals surface area contributed by atoms with Crippen LogP contribution < -0.4 is 5.56 Å². The number of pyridine rings is 1. The summed E-state index contributed by atoms with van der Waals surface area (Å²) in [5.41, 5.74) is 3.48. The predicted octanol–water partition coefficient (Wildman–Crippen LogP) is 2.77. The second kappa shape index (κ2) is 7.85. The number of para-hydroxylation sites is 1. The van der Waals surface area contributed by atoms with E-state index in [-0.39, 0.29) is 11.5 Å². The number of likely N-dealkylation sites (N-methyl/N-ethyl adjacent to an activating group) is 1. The van der Waals surface area contributed by atoms with Crippen LogP contribution in [-0.2, 0) is 0 Å². The molecule has 1 saturated heterocycles. The largest absolute Gasteiger partial charge is 0.336 e. The Morgan fingerprint density at radius 3 is 2.52 bits per heavy atom. The van der Waals surface area contributed by atoms with Gasteiger partial charge in [-0.15, -0.1) is 0 Å². The molecule has 0 saturated carbocycles.